The standard InChI is InChI=1S/C26H26N4O4/c1-17-10-22(34-29-17)14-28-25(31)24-12-19-6-2-3-8-21(19)15-30(24)26(32)33-16-18-11-20-7-4-5-9-23(20)27-13-18/h2-9,11,13,22,24H,10,12,14-16H2,1H3,(H,28,31)/t22-,24-/m0/s1. The number of rotatable bonds is 5. The van der Waals surface area contributed by atoms with Crippen LogP contribution in [0.5, 0.6) is 0 Å². The Morgan fingerprint density at radius 1 is 1.12 bits per heavy atom. The van der Waals surface area contributed by atoms with Crippen molar-refractivity contribution < 1.29 is 19.2 Å². The van der Waals surface area contributed by atoms with Gasteiger partial charge in [-0.2, -0.15) is 0 Å². The number of pyridine rings is 1. The van der Waals surface area contributed by atoms with E-state index in [2.05, 4.69) is 15.5 Å². The fourth-order valence-corrected chi connectivity index (χ4v) is 4.38. The van der Waals surface area contributed by atoms with Crippen LogP contribution < -0.4 is 5.32 Å². The van der Waals surface area contributed by atoms with Crippen molar-refractivity contribution in [2.45, 2.75) is 45.1 Å². The summed E-state index contributed by atoms with van der Waals surface area (Å²) in [7, 11) is 0. The maximum Gasteiger partial charge on any atom is 0.411 e. The van der Waals surface area contributed by atoms with Crippen LogP contribution in [0.25, 0.3) is 10.9 Å². The van der Waals surface area contributed by atoms with E-state index in [9.17, 15) is 9.59 Å². The minimum Gasteiger partial charge on any atom is -0.444 e. The first-order valence-corrected chi connectivity index (χ1v) is 11.4. The molecule has 5 rings (SSSR count). The highest BCUT2D eigenvalue weighted by atomic mass is 16.6. The smallest absolute Gasteiger partial charge is 0.411 e. The molecule has 0 radical (unpaired) electrons. The van der Waals surface area contributed by atoms with E-state index in [1.807, 2.05) is 61.5 Å². The molecule has 2 amide bonds. The minimum absolute atomic E-state index is 0.0791. The van der Waals surface area contributed by atoms with E-state index in [1.165, 1.54) is 4.90 Å². The summed E-state index contributed by atoms with van der Waals surface area (Å²) in [5.74, 6) is -0.230. The molecule has 2 aliphatic rings. The zero-order valence-corrected chi connectivity index (χ0v) is 18.9. The molecule has 1 N–H and O–H groups in total. The molecule has 3 heterocycles. The molecule has 8 nitrogen and oxygen atoms in total. The molecule has 34 heavy (non-hydrogen) atoms. The predicted molar refractivity (Wildman–Crippen MR) is 127 cm³/mol. The molecule has 2 atom stereocenters. The molecule has 174 valence electrons. The van der Waals surface area contributed by atoms with Crippen molar-refractivity contribution in [3.8, 4) is 0 Å². The Kier molecular flexibility index (Phi) is 6.12. The molecule has 2 aliphatic heterocycles. The monoisotopic (exact) mass is 458 g/mol. The average molecular weight is 459 g/mol. The van der Waals surface area contributed by atoms with Crippen LogP contribution in [0, 0.1) is 0 Å². The van der Waals surface area contributed by atoms with Crippen molar-refractivity contribution >= 4 is 28.6 Å². The Hall–Kier alpha value is -3.94. The molecule has 3 aromatic rings. The second-order valence-corrected chi connectivity index (χ2v) is 8.71. The molecule has 8 heteroatoms. The SMILES string of the molecule is CC1=NO[C@H](CNC(=O)[C@@H]2Cc3ccccc3CN2C(=O)OCc2cnc3ccccc3c2)C1. The Morgan fingerprint density at radius 3 is 2.74 bits per heavy atom. The van der Waals surface area contributed by atoms with E-state index in [4.69, 9.17) is 9.57 Å². The number of oxime groups is 1. The first-order valence-electron chi connectivity index (χ1n) is 11.4. The quantitative estimate of drug-likeness (QED) is 0.631. The first kappa shape index (κ1) is 21.9. The third kappa shape index (κ3) is 4.71. The topological polar surface area (TPSA) is 93.1 Å². The molecule has 0 bridgehead atoms. The van der Waals surface area contributed by atoms with Crippen LogP contribution in [0.15, 0.2) is 65.9 Å². The molecule has 0 saturated carbocycles. The molecular weight excluding hydrogens is 432 g/mol. The number of aromatic nitrogens is 1. The minimum atomic E-state index is -0.666. The van der Waals surface area contributed by atoms with Crippen LogP contribution in [-0.4, -0.2) is 46.3 Å². The van der Waals surface area contributed by atoms with Crippen LogP contribution in [0.3, 0.4) is 0 Å². The zero-order valence-electron chi connectivity index (χ0n) is 18.9. The van der Waals surface area contributed by atoms with Crippen molar-refractivity contribution in [1.29, 1.82) is 0 Å². The van der Waals surface area contributed by atoms with Crippen LogP contribution in [0.4, 0.5) is 4.79 Å². The maximum atomic E-state index is 13.1. The number of nitrogens with zero attached hydrogens (tertiary/aromatic N) is 3. The molecule has 0 aliphatic carbocycles. The van der Waals surface area contributed by atoms with Crippen LogP contribution in [0.1, 0.15) is 30.0 Å². The van der Waals surface area contributed by atoms with E-state index in [-0.39, 0.29) is 18.6 Å². The number of ether oxygens (including phenoxy) is 1. The Morgan fingerprint density at radius 2 is 1.91 bits per heavy atom. The lowest BCUT2D eigenvalue weighted by Gasteiger charge is -2.35. The normalized spacial score (nSPS) is 19.2. The third-order valence-electron chi connectivity index (χ3n) is 6.18. The van der Waals surface area contributed by atoms with Crippen molar-refractivity contribution in [1.82, 2.24) is 15.2 Å². The zero-order chi connectivity index (χ0) is 23.5. The van der Waals surface area contributed by atoms with E-state index in [0.717, 1.165) is 33.3 Å². The summed E-state index contributed by atoms with van der Waals surface area (Å²) in [6.07, 6.45) is 2.10. The average Bonchev–Trinajstić information content (AvgIpc) is 3.29. The van der Waals surface area contributed by atoms with Gasteiger partial charge in [-0.3, -0.25) is 14.7 Å². The summed E-state index contributed by atoms with van der Waals surface area (Å²) < 4.78 is 5.63. The molecular formula is C26H26N4O4. The molecule has 0 fully saturated rings. The summed E-state index contributed by atoms with van der Waals surface area (Å²) in [6.45, 7) is 2.62. The number of hydrogen-bond donors (Lipinski definition) is 1. The summed E-state index contributed by atoms with van der Waals surface area (Å²) >= 11 is 0. The van der Waals surface area contributed by atoms with E-state index in [0.29, 0.717) is 25.9 Å². The summed E-state index contributed by atoms with van der Waals surface area (Å²) in [6, 6.07) is 16.9. The Labute approximate surface area is 197 Å². The Balaban J connectivity index is 1.28. The largest absolute Gasteiger partial charge is 0.444 e. The lowest BCUT2D eigenvalue weighted by atomic mass is 9.94. The van der Waals surface area contributed by atoms with Gasteiger partial charge in [-0.15, -0.1) is 0 Å². The van der Waals surface area contributed by atoms with Gasteiger partial charge in [0.05, 0.1) is 24.3 Å². The van der Waals surface area contributed by atoms with Crippen LogP contribution in [-0.2, 0) is 33.9 Å². The first-order chi connectivity index (χ1) is 16.6. The van der Waals surface area contributed by atoms with E-state index in [1.54, 1.807) is 6.20 Å². The molecule has 0 unspecified atom stereocenters. The van der Waals surface area contributed by atoms with Gasteiger partial charge in [-0.1, -0.05) is 47.6 Å². The molecule has 0 spiro atoms. The predicted octanol–water partition coefficient (Wildman–Crippen LogP) is 3.58. The number of fused-ring (bicyclic) bond motifs is 2. The summed E-state index contributed by atoms with van der Waals surface area (Å²) in [5, 5.41) is 7.84. The Bertz CT molecular complexity index is 1260. The number of carbonyl (C=O) groups excluding carboxylic acids is 2. The fraction of sp³-hybridized carbons (Fsp3) is 0.308. The highest BCUT2D eigenvalue weighted by Crippen LogP contribution is 2.25. The highest BCUT2D eigenvalue weighted by molar-refractivity contribution is 5.87. The molecule has 1 aromatic heterocycles. The van der Waals surface area contributed by atoms with Gasteiger partial charge in [0.15, 0.2) is 0 Å². The number of amides is 2. The van der Waals surface area contributed by atoms with Gasteiger partial charge in [-0.25, -0.2) is 4.79 Å². The lowest BCUT2D eigenvalue weighted by molar-refractivity contribution is -0.127. The second-order valence-electron chi connectivity index (χ2n) is 8.71. The number of nitrogens with one attached hydrogen (secondary N) is 1. The molecule has 2 aromatic carbocycles. The van der Waals surface area contributed by atoms with Gasteiger partial charge in [0.25, 0.3) is 0 Å². The van der Waals surface area contributed by atoms with Crippen molar-refractivity contribution in [3.63, 3.8) is 0 Å². The van der Waals surface area contributed by atoms with Crippen molar-refractivity contribution in [2.75, 3.05) is 6.54 Å². The van der Waals surface area contributed by atoms with E-state index < -0.39 is 12.1 Å². The lowest BCUT2D eigenvalue weighted by Crippen LogP contribution is -2.53. The van der Waals surface area contributed by atoms with Gasteiger partial charge in [0.1, 0.15) is 18.8 Å². The summed E-state index contributed by atoms with van der Waals surface area (Å²) in [4.78, 5) is 37.5. The fourth-order valence-electron chi connectivity index (χ4n) is 4.38. The van der Waals surface area contributed by atoms with Crippen LogP contribution in [0.2, 0.25) is 0 Å². The highest BCUT2D eigenvalue weighted by Gasteiger charge is 2.36. The number of benzene rings is 2. The van der Waals surface area contributed by atoms with E-state index >= 15 is 0 Å². The number of carbonyl (C=O) groups is 2. The number of hydrogen-bond acceptors (Lipinski definition) is 6. The van der Waals surface area contributed by atoms with Gasteiger partial charge < -0.3 is 14.9 Å². The van der Waals surface area contributed by atoms with Gasteiger partial charge >= 0.3 is 6.09 Å². The summed E-state index contributed by atoms with van der Waals surface area (Å²) in [5.41, 5.74) is 4.65. The van der Waals surface area contributed by atoms with Crippen LogP contribution >= 0.6 is 0 Å². The second kappa shape index (κ2) is 9.51. The van der Waals surface area contributed by atoms with Crippen molar-refractivity contribution in [3.05, 3.63) is 77.5 Å². The van der Waals surface area contributed by atoms with Gasteiger partial charge in [0.2, 0.25) is 5.91 Å². The third-order valence-corrected chi connectivity index (χ3v) is 6.18. The van der Waals surface area contributed by atoms with Gasteiger partial charge in [0, 0.05) is 30.0 Å². The maximum absolute atomic E-state index is 13.1. The number of para-hydroxylation sites is 1. The van der Waals surface area contributed by atoms with Crippen molar-refractivity contribution in [2.24, 2.45) is 5.16 Å². The molecule has 0 saturated heterocycles. The van der Waals surface area contributed by atoms with Gasteiger partial charge in [-0.05, 0) is 30.2 Å².